The number of anilines is 1. The van der Waals surface area contributed by atoms with Crippen LogP contribution in [0.5, 0.6) is 5.75 Å². The van der Waals surface area contributed by atoms with Crippen molar-refractivity contribution in [1.29, 1.82) is 0 Å². The van der Waals surface area contributed by atoms with Gasteiger partial charge in [0.2, 0.25) is 5.91 Å². The Hall–Kier alpha value is -3.67. The molecule has 134 valence electrons. The Bertz CT molecular complexity index is 1130. The molecule has 2 heterocycles. The van der Waals surface area contributed by atoms with E-state index in [2.05, 4.69) is 10.3 Å². The second-order valence-electron chi connectivity index (χ2n) is 6.09. The van der Waals surface area contributed by atoms with Crippen LogP contribution in [0.1, 0.15) is 6.92 Å². The van der Waals surface area contributed by atoms with Gasteiger partial charge in [0, 0.05) is 23.7 Å². The lowest BCUT2D eigenvalue weighted by Crippen LogP contribution is -2.05. The summed E-state index contributed by atoms with van der Waals surface area (Å²) >= 11 is 0. The highest BCUT2D eigenvalue weighted by Crippen LogP contribution is 2.29. The molecule has 0 aliphatic heterocycles. The summed E-state index contributed by atoms with van der Waals surface area (Å²) in [5.74, 6) is 0.653. The summed E-state index contributed by atoms with van der Waals surface area (Å²) < 4.78 is 7.26. The van der Waals surface area contributed by atoms with Crippen LogP contribution in [0.4, 0.5) is 5.69 Å². The molecule has 0 spiro atoms. The molecule has 0 atom stereocenters. The van der Waals surface area contributed by atoms with Crippen molar-refractivity contribution in [3.8, 4) is 28.3 Å². The first-order chi connectivity index (χ1) is 13.2. The van der Waals surface area contributed by atoms with Gasteiger partial charge < -0.3 is 10.1 Å². The summed E-state index contributed by atoms with van der Waals surface area (Å²) in [4.78, 5) is 15.8. The van der Waals surface area contributed by atoms with Crippen LogP contribution >= 0.6 is 0 Å². The Balaban J connectivity index is 1.83. The van der Waals surface area contributed by atoms with E-state index in [1.807, 2.05) is 60.7 Å². The van der Waals surface area contributed by atoms with Crippen molar-refractivity contribution in [3.63, 3.8) is 0 Å². The van der Waals surface area contributed by atoms with Crippen molar-refractivity contribution < 1.29 is 9.53 Å². The maximum absolute atomic E-state index is 11.3. The van der Waals surface area contributed by atoms with Gasteiger partial charge in [-0.25, -0.2) is 9.50 Å². The van der Waals surface area contributed by atoms with E-state index in [4.69, 9.17) is 9.84 Å². The summed E-state index contributed by atoms with van der Waals surface area (Å²) in [6, 6.07) is 19.2. The van der Waals surface area contributed by atoms with Crippen LogP contribution < -0.4 is 10.1 Å². The minimum absolute atomic E-state index is 0.109. The van der Waals surface area contributed by atoms with Crippen LogP contribution in [-0.4, -0.2) is 27.6 Å². The Morgan fingerprint density at radius 1 is 1.07 bits per heavy atom. The molecule has 6 heteroatoms. The molecule has 2 aromatic heterocycles. The second kappa shape index (κ2) is 6.92. The molecular formula is C21H18N4O2. The molecule has 0 bridgehead atoms. The number of amides is 1. The number of carbonyl (C=O) groups is 1. The van der Waals surface area contributed by atoms with Crippen LogP contribution in [0.2, 0.25) is 0 Å². The Morgan fingerprint density at radius 2 is 1.93 bits per heavy atom. The van der Waals surface area contributed by atoms with E-state index >= 15 is 0 Å². The maximum atomic E-state index is 11.3. The maximum Gasteiger partial charge on any atom is 0.221 e. The Morgan fingerprint density at radius 3 is 2.74 bits per heavy atom. The number of imidazole rings is 1. The zero-order valence-corrected chi connectivity index (χ0v) is 15.0. The number of hydrogen-bond acceptors (Lipinski definition) is 4. The number of aromatic nitrogens is 3. The van der Waals surface area contributed by atoms with E-state index in [9.17, 15) is 4.79 Å². The standard InChI is InChI=1S/C21H18N4O2/c1-14(26)23-16-7-5-6-15(12-16)19-13-22-21-11-10-18(24-25(19)21)17-8-3-4-9-20(17)27-2/h3-13H,1-2H3,(H,23,26). The fourth-order valence-corrected chi connectivity index (χ4v) is 3.03. The van der Waals surface area contributed by atoms with Gasteiger partial charge in [-0.05, 0) is 36.4 Å². The third-order valence-corrected chi connectivity index (χ3v) is 4.22. The fraction of sp³-hybridized carbons (Fsp3) is 0.0952. The quantitative estimate of drug-likeness (QED) is 0.598. The lowest BCUT2D eigenvalue weighted by Gasteiger charge is -2.09. The molecule has 2 aromatic carbocycles. The third-order valence-electron chi connectivity index (χ3n) is 4.22. The predicted octanol–water partition coefficient (Wildman–Crippen LogP) is 4.03. The summed E-state index contributed by atoms with van der Waals surface area (Å²) in [7, 11) is 1.65. The highest BCUT2D eigenvalue weighted by atomic mass is 16.5. The molecule has 1 N–H and O–H groups in total. The van der Waals surface area contributed by atoms with Crippen molar-refractivity contribution in [3.05, 3.63) is 66.9 Å². The van der Waals surface area contributed by atoms with Gasteiger partial charge in [0.15, 0.2) is 5.65 Å². The van der Waals surface area contributed by atoms with Gasteiger partial charge in [-0.2, -0.15) is 5.10 Å². The van der Waals surface area contributed by atoms with Crippen molar-refractivity contribution in [2.45, 2.75) is 6.92 Å². The van der Waals surface area contributed by atoms with Gasteiger partial charge in [0.05, 0.1) is 24.7 Å². The highest BCUT2D eigenvalue weighted by molar-refractivity contribution is 5.89. The molecule has 0 aliphatic rings. The van der Waals surface area contributed by atoms with E-state index in [1.54, 1.807) is 17.8 Å². The zero-order chi connectivity index (χ0) is 18.8. The smallest absolute Gasteiger partial charge is 0.221 e. The number of methoxy groups -OCH3 is 1. The molecule has 0 saturated carbocycles. The summed E-state index contributed by atoms with van der Waals surface area (Å²) in [6.45, 7) is 1.49. The number of carbonyl (C=O) groups excluding carboxylic acids is 1. The largest absolute Gasteiger partial charge is 0.496 e. The molecule has 1 amide bonds. The predicted molar refractivity (Wildman–Crippen MR) is 105 cm³/mol. The Kier molecular flexibility index (Phi) is 4.30. The summed E-state index contributed by atoms with van der Waals surface area (Å²) in [6.07, 6.45) is 1.78. The van der Waals surface area contributed by atoms with Gasteiger partial charge in [-0.1, -0.05) is 24.3 Å². The molecule has 0 unspecified atom stereocenters. The average molecular weight is 358 g/mol. The lowest BCUT2D eigenvalue weighted by atomic mass is 10.1. The molecule has 0 fully saturated rings. The van der Waals surface area contributed by atoms with Gasteiger partial charge in [-0.3, -0.25) is 4.79 Å². The first-order valence-corrected chi connectivity index (χ1v) is 8.52. The number of fused-ring (bicyclic) bond motifs is 1. The summed E-state index contributed by atoms with van der Waals surface area (Å²) in [5, 5.41) is 7.57. The van der Waals surface area contributed by atoms with Crippen LogP contribution in [0, 0.1) is 0 Å². The van der Waals surface area contributed by atoms with Crippen LogP contribution in [-0.2, 0) is 4.79 Å². The zero-order valence-electron chi connectivity index (χ0n) is 15.0. The molecule has 0 saturated heterocycles. The number of hydrogen-bond donors (Lipinski definition) is 1. The van der Waals surface area contributed by atoms with Crippen LogP contribution in [0.15, 0.2) is 66.9 Å². The highest BCUT2D eigenvalue weighted by Gasteiger charge is 2.12. The molecule has 4 rings (SSSR count). The monoisotopic (exact) mass is 358 g/mol. The van der Waals surface area contributed by atoms with E-state index < -0.39 is 0 Å². The molecule has 0 radical (unpaired) electrons. The normalized spacial score (nSPS) is 10.7. The third kappa shape index (κ3) is 3.25. The number of nitrogens with zero attached hydrogens (tertiary/aromatic N) is 3. The van der Waals surface area contributed by atoms with Gasteiger partial charge in [-0.15, -0.1) is 0 Å². The SMILES string of the molecule is COc1ccccc1-c1ccc2ncc(-c3cccc(NC(C)=O)c3)n2n1. The topological polar surface area (TPSA) is 68.5 Å². The number of rotatable bonds is 4. The van der Waals surface area contributed by atoms with Gasteiger partial charge in [0.1, 0.15) is 5.75 Å². The van der Waals surface area contributed by atoms with Crippen molar-refractivity contribution >= 4 is 17.2 Å². The molecule has 0 aliphatic carbocycles. The first-order valence-electron chi connectivity index (χ1n) is 8.52. The first kappa shape index (κ1) is 16.8. The number of nitrogens with one attached hydrogen (secondary N) is 1. The van der Waals surface area contributed by atoms with Crippen molar-refractivity contribution in [1.82, 2.24) is 14.6 Å². The van der Waals surface area contributed by atoms with E-state index in [0.717, 1.165) is 39.6 Å². The van der Waals surface area contributed by atoms with Crippen molar-refractivity contribution in [2.75, 3.05) is 12.4 Å². The minimum atomic E-state index is -0.109. The van der Waals surface area contributed by atoms with E-state index in [1.165, 1.54) is 6.92 Å². The van der Waals surface area contributed by atoms with E-state index in [0.29, 0.717) is 0 Å². The number of ether oxygens (including phenoxy) is 1. The molecule has 27 heavy (non-hydrogen) atoms. The van der Waals surface area contributed by atoms with E-state index in [-0.39, 0.29) is 5.91 Å². The van der Waals surface area contributed by atoms with Gasteiger partial charge >= 0.3 is 0 Å². The van der Waals surface area contributed by atoms with Crippen LogP contribution in [0.25, 0.3) is 28.2 Å². The molecule has 6 nitrogen and oxygen atoms in total. The average Bonchev–Trinajstić information content (AvgIpc) is 3.11. The fourth-order valence-electron chi connectivity index (χ4n) is 3.03. The minimum Gasteiger partial charge on any atom is -0.496 e. The molecular weight excluding hydrogens is 340 g/mol. The number of para-hydroxylation sites is 1. The summed E-state index contributed by atoms with van der Waals surface area (Å²) in [5.41, 5.74) is 4.93. The number of benzene rings is 2. The van der Waals surface area contributed by atoms with Crippen LogP contribution in [0.3, 0.4) is 0 Å². The lowest BCUT2D eigenvalue weighted by molar-refractivity contribution is -0.114. The van der Waals surface area contributed by atoms with Crippen molar-refractivity contribution in [2.24, 2.45) is 0 Å². The van der Waals surface area contributed by atoms with Gasteiger partial charge in [0.25, 0.3) is 0 Å². The Labute approximate surface area is 156 Å². The second-order valence-corrected chi connectivity index (χ2v) is 6.09. The molecule has 4 aromatic rings.